The minimum absolute atomic E-state index is 0.453. The van der Waals surface area contributed by atoms with Crippen LogP contribution in [0.2, 0.25) is 5.02 Å². The number of hydrogen-bond acceptors (Lipinski definition) is 6. The lowest BCUT2D eigenvalue weighted by Gasteiger charge is -2.38. The van der Waals surface area contributed by atoms with Crippen molar-refractivity contribution in [3.8, 4) is 0 Å². The molecule has 0 radical (unpaired) electrons. The fourth-order valence-corrected chi connectivity index (χ4v) is 5.28. The molecule has 2 aromatic carbocycles. The lowest BCUT2D eigenvalue weighted by Crippen LogP contribution is -2.47. The molecule has 0 aliphatic carbocycles. The summed E-state index contributed by atoms with van der Waals surface area (Å²) in [5.74, 6) is 2.44. The molecular weight excluding hydrogens is 502 g/mol. The van der Waals surface area contributed by atoms with Gasteiger partial charge >= 0.3 is 0 Å². The average Bonchev–Trinajstić information content (AvgIpc) is 2.93. The van der Waals surface area contributed by atoms with Crippen LogP contribution in [0.15, 0.2) is 60.7 Å². The Bertz CT molecular complexity index is 1180. The fourth-order valence-electron chi connectivity index (χ4n) is 4.99. The van der Waals surface area contributed by atoms with Gasteiger partial charge in [-0.15, -0.1) is 0 Å². The second-order valence-corrected chi connectivity index (χ2v) is 10.5. The second-order valence-electron chi connectivity index (χ2n) is 9.69. The number of piperidine rings is 1. The molecule has 1 atom stereocenters. The van der Waals surface area contributed by atoms with Crippen LogP contribution in [0.25, 0.3) is 0 Å². The highest BCUT2D eigenvalue weighted by Crippen LogP contribution is 2.28. The van der Waals surface area contributed by atoms with E-state index < -0.39 is 0 Å². The molecular formula is C28H34ClN7S. The number of rotatable bonds is 6. The number of halogens is 1. The third-order valence-corrected chi connectivity index (χ3v) is 7.61. The molecule has 0 bridgehead atoms. The molecule has 2 N–H and O–H groups in total. The Balaban J connectivity index is 1.31. The number of thiocarbonyl (C=S) groups is 1. The van der Waals surface area contributed by atoms with Crippen molar-refractivity contribution in [1.29, 1.82) is 0 Å². The van der Waals surface area contributed by atoms with Crippen molar-refractivity contribution in [1.82, 2.24) is 15.3 Å². The van der Waals surface area contributed by atoms with E-state index in [4.69, 9.17) is 33.8 Å². The van der Waals surface area contributed by atoms with Crippen LogP contribution in [0.3, 0.4) is 0 Å². The van der Waals surface area contributed by atoms with Gasteiger partial charge in [-0.05, 0) is 68.2 Å². The summed E-state index contributed by atoms with van der Waals surface area (Å²) in [5, 5.41) is 7.72. The number of aromatic nitrogens is 2. The molecule has 9 heteroatoms. The van der Waals surface area contributed by atoms with Gasteiger partial charge in [0.05, 0.1) is 0 Å². The summed E-state index contributed by atoms with van der Waals surface area (Å²) < 4.78 is 0. The maximum Gasteiger partial charge on any atom is 0.232 e. The Morgan fingerprint density at radius 2 is 1.62 bits per heavy atom. The van der Waals surface area contributed by atoms with Gasteiger partial charge in [0.15, 0.2) is 5.11 Å². The SMILES string of the molecule is C[C@H]1CCCCN1c1cc(N2CCN(c3ccccc3)CC2)nc(NC(=S)NCc2ccc(Cl)cc2)n1. The lowest BCUT2D eigenvalue weighted by molar-refractivity contribution is 0.481. The predicted molar refractivity (Wildman–Crippen MR) is 158 cm³/mol. The first-order chi connectivity index (χ1) is 18.0. The van der Waals surface area contributed by atoms with Gasteiger partial charge in [0.25, 0.3) is 0 Å². The van der Waals surface area contributed by atoms with Gasteiger partial charge in [-0.25, -0.2) is 0 Å². The Morgan fingerprint density at radius 3 is 2.35 bits per heavy atom. The third kappa shape index (κ3) is 6.62. The van der Waals surface area contributed by atoms with E-state index in [-0.39, 0.29) is 0 Å². The van der Waals surface area contributed by atoms with Crippen LogP contribution in [0.1, 0.15) is 31.7 Å². The quantitative estimate of drug-likeness (QED) is 0.411. The molecule has 37 heavy (non-hydrogen) atoms. The van der Waals surface area contributed by atoms with E-state index in [2.05, 4.69) is 68.7 Å². The van der Waals surface area contributed by atoms with E-state index in [1.165, 1.54) is 24.9 Å². The van der Waals surface area contributed by atoms with Crippen molar-refractivity contribution < 1.29 is 0 Å². The molecule has 194 valence electrons. The first-order valence-electron chi connectivity index (χ1n) is 13.0. The summed E-state index contributed by atoms with van der Waals surface area (Å²) in [6.07, 6.45) is 3.63. The van der Waals surface area contributed by atoms with Gasteiger partial charge in [0.2, 0.25) is 5.95 Å². The van der Waals surface area contributed by atoms with E-state index >= 15 is 0 Å². The number of nitrogens with one attached hydrogen (secondary N) is 2. The Kier molecular flexibility index (Phi) is 8.26. The van der Waals surface area contributed by atoms with Gasteiger partial charge in [-0.3, -0.25) is 0 Å². The number of para-hydroxylation sites is 1. The van der Waals surface area contributed by atoms with Gasteiger partial charge < -0.3 is 25.3 Å². The molecule has 0 amide bonds. The largest absolute Gasteiger partial charge is 0.368 e. The lowest BCUT2D eigenvalue weighted by atomic mass is 10.0. The number of anilines is 4. The van der Waals surface area contributed by atoms with E-state index in [9.17, 15) is 0 Å². The maximum absolute atomic E-state index is 6.00. The predicted octanol–water partition coefficient (Wildman–Crippen LogP) is 5.32. The van der Waals surface area contributed by atoms with Crippen molar-refractivity contribution >= 4 is 52.2 Å². The molecule has 5 rings (SSSR count). The monoisotopic (exact) mass is 535 g/mol. The normalized spacial score (nSPS) is 18.0. The Labute approximate surface area is 229 Å². The number of piperazine rings is 1. The molecule has 0 spiro atoms. The molecule has 3 heterocycles. The fraction of sp³-hybridized carbons (Fsp3) is 0.393. The summed E-state index contributed by atoms with van der Waals surface area (Å²) in [7, 11) is 0. The van der Waals surface area contributed by atoms with Crippen LogP contribution in [0, 0.1) is 0 Å². The smallest absolute Gasteiger partial charge is 0.232 e. The highest BCUT2D eigenvalue weighted by atomic mass is 35.5. The summed E-state index contributed by atoms with van der Waals surface area (Å²) >= 11 is 11.6. The summed E-state index contributed by atoms with van der Waals surface area (Å²) in [6, 6.07) is 20.9. The van der Waals surface area contributed by atoms with E-state index in [0.717, 1.165) is 54.9 Å². The van der Waals surface area contributed by atoms with Crippen LogP contribution >= 0.6 is 23.8 Å². The van der Waals surface area contributed by atoms with Crippen molar-refractivity contribution in [3.63, 3.8) is 0 Å². The van der Waals surface area contributed by atoms with Crippen molar-refractivity contribution in [2.75, 3.05) is 52.7 Å². The summed E-state index contributed by atoms with van der Waals surface area (Å²) in [5.41, 5.74) is 2.37. The molecule has 0 unspecified atom stereocenters. The molecule has 2 saturated heterocycles. The molecule has 2 fully saturated rings. The standard InChI is InChI=1S/C28H34ClN7S/c1-21-7-5-6-14-36(21)26-19-25(35-17-15-34(16-18-35)24-8-3-2-4-9-24)31-27(32-26)33-28(37)30-20-22-10-12-23(29)13-11-22/h2-4,8-13,19,21H,5-7,14-18,20H2,1H3,(H2,30,31,32,33,37)/t21-/m0/s1. The zero-order chi connectivity index (χ0) is 25.6. The van der Waals surface area contributed by atoms with Gasteiger partial charge in [0, 0.05) is 62.1 Å². The first-order valence-corrected chi connectivity index (χ1v) is 13.8. The Hall–Kier alpha value is -3.10. The maximum atomic E-state index is 6.00. The van der Waals surface area contributed by atoms with Gasteiger partial charge in [-0.1, -0.05) is 41.9 Å². The zero-order valence-corrected chi connectivity index (χ0v) is 22.8. The minimum atomic E-state index is 0.453. The van der Waals surface area contributed by atoms with Crippen LogP contribution < -0.4 is 25.3 Å². The summed E-state index contributed by atoms with van der Waals surface area (Å²) in [6.45, 7) is 7.60. The van der Waals surface area contributed by atoms with Crippen LogP contribution in [-0.4, -0.2) is 53.8 Å². The number of benzene rings is 2. The Morgan fingerprint density at radius 1 is 0.919 bits per heavy atom. The third-order valence-electron chi connectivity index (χ3n) is 7.11. The van der Waals surface area contributed by atoms with Crippen LogP contribution in [0.4, 0.5) is 23.3 Å². The van der Waals surface area contributed by atoms with Gasteiger partial charge in [-0.2, -0.15) is 9.97 Å². The van der Waals surface area contributed by atoms with Crippen molar-refractivity contribution in [2.45, 2.75) is 38.8 Å². The van der Waals surface area contributed by atoms with Crippen LogP contribution in [0.5, 0.6) is 0 Å². The molecule has 7 nitrogen and oxygen atoms in total. The zero-order valence-electron chi connectivity index (χ0n) is 21.2. The van der Waals surface area contributed by atoms with E-state index in [1.807, 2.05) is 24.3 Å². The second kappa shape index (κ2) is 12.0. The molecule has 1 aromatic heterocycles. The average molecular weight is 536 g/mol. The van der Waals surface area contributed by atoms with Gasteiger partial charge in [0.1, 0.15) is 11.6 Å². The summed E-state index contributed by atoms with van der Waals surface area (Å²) in [4.78, 5) is 17.0. The topological polar surface area (TPSA) is 59.6 Å². The molecule has 3 aromatic rings. The van der Waals surface area contributed by atoms with E-state index in [0.29, 0.717) is 23.6 Å². The number of nitrogens with zero attached hydrogens (tertiary/aromatic N) is 5. The molecule has 2 aliphatic rings. The highest BCUT2D eigenvalue weighted by Gasteiger charge is 2.24. The van der Waals surface area contributed by atoms with Crippen molar-refractivity contribution in [2.24, 2.45) is 0 Å². The highest BCUT2D eigenvalue weighted by molar-refractivity contribution is 7.80. The first kappa shape index (κ1) is 25.5. The van der Waals surface area contributed by atoms with E-state index in [1.54, 1.807) is 0 Å². The minimum Gasteiger partial charge on any atom is -0.368 e. The van der Waals surface area contributed by atoms with Crippen molar-refractivity contribution in [3.05, 3.63) is 71.2 Å². The molecule has 0 saturated carbocycles. The molecule has 2 aliphatic heterocycles. The number of hydrogen-bond donors (Lipinski definition) is 2. The van der Waals surface area contributed by atoms with Crippen LogP contribution in [-0.2, 0) is 6.54 Å².